The molecule has 17 N–H and O–H groups in total. The third-order valence-corrected chi connectivity index (χ3v) is 5.18. The number of guanidine groups is 1. The van der Waals surface area contributed by atoms with E-state index in [4.69, 9.17) is 48.5 Å². The first-order valence-corrected chi connectivity index (χ1v) is 12.8. The SMILES string of the molecule is CC(C)C(N)C(=O)O.NC(N)=NCCCC(N)C(=O)O.NCC(=O)O.O=C(O)[C@@H]1CCCN1.O=C(O)[C@@H]1CCCN1. The largest absolute Gasteiger partial charge is 0.480 e. The number of carboxylic acid groups (broad SMARTS) is 5. The van der Waals surface area contributed by atoms with Crippen LogP contribution in [0.3, 0.4) is 0 Å². The highest BCUT2D eigenvalue weighted by Gasteiger charge is 2.21. The van der Waals surface area contributed by atoms with Crippen molar-refractivity contribution in [3.8, 4) is 0 Å². The van der Waals surface area contributed by atoms with Crippen LogP contribution in [0, 0.1) is 5.92 Å². The number of nitrogens with zero attached hydrogens (tertiary/aromatic N) is 1. The van der Waals surface area contributed by atoms with Crippen LogP contribution in [0.4, 0.5) is 0 Å². The molecule has 0 saturated carbocycles. The molecule has 2 fully saturated rings. The molecule has 0 aromatic rings. The third kappa shape index (κ3) is 27.8. The first-order chi connectivity index (χ1) is 19.0. The lowest BCUT2D eigenvalue weighted by molar-refractivity contribution is -0.140. The first kappa shape index (κ1) is 41.9. The summed E-state index contributed by atoms with van der Waals surface area (Å²) in [5.41, 5.74) is 25.1. The molecule has 2 rings (SSSR count). The number of hydrogen-bond acceptors (Lipinski definition) is 11. The minimum atomic E-state index is -1.00. The van der Waals surface area contributed by atoms with E-state index in [2.05, 4.69) is 21.4 Å². The highest BCUT2D eigenvalue weighted by atomic mass is 16.4. The quantitative estimate of drug-likeness (QED) is 0.0686. The maximum Gasteiger partial charge on any atom is 0.320 e. The maximum absolute atomic E-state index is 10.2. The monoisotopic (exact) mass is 596 g/mol. The van der Waals surface area contributed by atoms with E-state index in [0.717, 1.165) is 38.8 Å². The Kier molecular flexibility index (Phi) is 25.9. The molecule has 0 amide bonds. The molecule has 2 saturated heterocycles. The molecule has 41 heavy (non-hydrogen) atoms. The number of aliphatic carboxylic acids is 5. The average Bonchev–Trinajstić information content (AvgIpc) is 3.62. The van der Waals surface area contributed by atoms with E-state index >= 15 is 0 Å². The van der Waals surface area contributed by atoms with Gasteiger partial charge < -0.3 is 64.8 Å². The fourth-order valence-corrected chi connectivity index (χ4v) is 2.72. The number of aliphatic imine (C=N–C) groups is 1. The summed E-state index contributed by atoms with van der Waals surface area (Å²) in [6.45, 7) is 5.41. The Labute approximate surface area is 238 Å². The smallest absolute Gasteiger partial charge is 0.320 e. The number of rotatable bonds is 10. The van der Waals surface area contributed by atoms with Gasteiger partial charge in [0.15, 0.2) is 5.96 Å². The van der Waals surface area contributed by atoms with E-state index in [1.165, 1.54) is 0 Å². The van der Waals surface area contributed by atoms with Gasteiger partial charge in [-0.1, -0.05) is 13.8 Å². The lowest BCUT2D eigenvalue weighted by Gasteiger charge is -2.07. The summed E-state index contributed by atoms with van der Waals surface area (Å²) in [5.74, 6) is -4.30. The number of carbonyl (C=O) groups is 5. The predicted octanol–water partition coefficient (Wildman–Crippen LogP) is -2.82. The van der Waals surface area contributed by atoms with Gasteiger partial charge in [0.25, 0.3) is 0 Å². The summed E-state index contributed by atoms with van der Waals surface area (Å²) in [5, 5.41) is 46.6. The topological polar surface area (TPSA) is 353 Å². The second kappa shape index (κ2) is 25.4. The van der Waals surface area contributed by atoms with Crippen LogP contribution >= 0.6 is 0 Å². The van der Waals surface area contributed by atoms with Crippen LogP contribution in [0.5, 0.6) is 0 Å². The molecule has 0 aromatic heterocycles. The van der Waals surface area contributed by atoms with Crippen LogP contribution in [0.1, 0.15) is 52.4 Å². The van der Waals surface area contributed by atoms with E-state index in [-0.39, 0.29) is 30.5 Å². The summed E-state index contributed by atoms with van der Waals surface area (Å²) >= 11 is 0. The lowest BCUT2D eigenvalue weighted by atomic mass is 10.1. The van der Waals surface area contributed by atoms with Crippen molar-refractivity contribution in [2.24, 2.45) is 39.6 Å². The summed E-state index contributed by atoms with van der Waals surface area (Å²) in [7, 11) is 0. The zero-order chi connectivity index (χ0) is 32.5. The molecule has 2 heterocycles. The van der Waals surface area contributed by atoms with Crippen molar-refractivity contribution in [3.05, 3.63) is 0 Å². The lowest BCUT2D eigenvalue weighted by Crippen LogP contribution is -2.34. The van der Waals surface area contributed by atoms with Gasteiger partial charge in [0.1, 0.15) is 24.2 Å². The normalized spacial score (nSPS) is 18.2. The Morgan fingerprint density at radius 1 is 0.829 bits per heavy atom. The zero-order valence-electron chi connectivity index (χ0n) is 23.6. The molecular formula is C23H48N8O10. The molecule has 18 nitrogen and oxygen atoms in total. The molecule has 0 aliphatic carbocycles. The van der Waals surface area contributed by atoms with Gasteiger partial charge in [0.2, 0.25) is 0 Å². The van der Waals surface area contributed by atoms with Crippen LogP contribution in [0.25, 0.3) is 0 Å². The maximum atomic E-state index is 10.2. The highest BCUT2D eigenvalue weighted by Crippen LogP contribution is 2.04. The van der Waals surface area contributed by atoms with E-state index in [0.29, 0.717) is 19.4 Å². The van der Waals surface area contributed by atoms with Gasteiger partial charge in [-0.05, 0) is 57.5 Å². The molecule has 0 spiro atoms. The van der Waals surface area contributed by atoms with Gasteiger partial charge in [0.05, 0.1) is 6.54 Å². The number of hydrogen-bond donors (Lipinski definition) is 12. The van der Waals surface area contributed by atoms with E-state index in [1.54, 1.807) is 13.8 Å². The number of carboxylic acids is 5. The van der Waals surface area contributed by atoms with E-state index in [1.807, 2.05) is 0 Å². The number of nitrogens with two attached hydrogens (primary N) is 5. The molecule has 18 heteroatoms. The van der Waals surface area contributed by atoms with Crippen LogP contribution < -0.4 is 39.3 Å². The molecule has 2 unspecified atom stereocenters. The van der Waals surface area contributed by atoms with Gasteiger partial charge >= 0.3 is 29.8 Å². The first-order valence-electron chi connectivity index (χ1n) is 12.8. The van der Waals surface area contributed by atoms with Crippen LogP contribution in [0.15, 0.2) is 4.99 Å². The molecule has 0 bridgehead atoms. The van der Waals surface area contributed by atoms with Gasteiger partial charge in [-0.15, -0.1) is 0 Å². The van der Waals surface area contributed by atoms with Crippen molar-refractivity contribution < 1.29 is 49.5 Å². The Balaban J connectivity index is -0.000000451. The third-order valence-electron chi connectivity index (χ3n) is 5.18. The van der Waals surface area contributed by atoms with Crippen molar-refractivity contribution in [1.82, 2.24) is 10.6 Å². The molecule has 240 valence electrons. The van der Waals surface area contributed by atoms with Crippen molar-refractivity contribution in [3.63, 3.8) is 0 Å². The summed E-state index contributed by atoms with van der Waals surface area (Å²) in [4.78, 5) is 53.4. The standard InChI is InChI=1S/C6H14N4O2.2C5H9NO2.C5H11NO2.C2H5NO2/c7-4(5(11)12)2-1-3-10-6(8)9;2*7-5(8)4-2-1-3-6-4;1-3(2)4(6)5(7)8;3-1-2(4)5/h4H,1-3,7H2,(H,11,12)(H4,8,9,10);2*4,6H,1-3H2,(H,7,8);3-4H,6H2,1-2H3,(H,7,8);1,3H2,(H,4,5)/t;2*4-;;/m.00../s1. The molecule has 2 aliphatic heterocycles. The molecule has 4 atom stereocenters. The Hall–Kier alpha value is -3.58. The average molecular weight is 597 g/mol. The fraction of sp³-hybridized carbons (Fsp3) is 0.739. The van der Waals surface area contributed by atoms with E-state index in [9.17, 15) is 24.0 Å². The highest BCUT2D eigenvalue weighted by molar-refractivity contribution is 5.76. The van der Waals surface area contributed by atoms with Crippen molar-refractivity contribution in [2.45, 2.75) is 76.5 Å². The van der Waals surface area contributed by atoms with Crippen LogP contribution in [-0.2, 0) is 24.0 Å². The zero-order valence-corrected chi connectivity index (χ0v) is 23.6. The van der Waals surface area contributed by atoms with Gasteiger partial charge in [0, 0.05) is 6.54 Å². The Morgan fingerprint density at radius 3 is 1.41 bits per heavy atom. The van der Waals surface area contributed by atoms with Crippen molar-refractivity contribution >= 4 is 35.8 Å². The summed E-state index contributed by atoms with van der Waals surface area (Å²) < 4.78 is 0. The van der Waals surface area contributed by atoms with Gasteiger partial charge in [-0.2, -0.15) is 0 Å². The fourth-order valence-electron chi connectivity index (χ4n) is 2.72. The minimum absolute atomic E-state index is 0.0129. The summed E-state index contributed by atoms with van der Waals surface area (Å²) in [6, 6.07) is -2.07. The van der Waals surface area contributed by atoms with Crippen LogP contribution in [-0.4, -0.2) is 112 Å². The Morgan fingerprint density at radius 2 is 1.24 bits per heavy atom. The predicted molar refractivity (Wildman–Crippen MR) is 150 cm³/mol. The molecule has 0 radical (unpaired) electrons. The molecule has 2 aliphatic rings. The number of nitrogens with one attached hydrogen (secondary N) is 2. The Bertz CT molecular complexity index is 755. The van der Waals surface area contributed by atoms with E-state index < -0.39 is 41.9 Å². The van der Waals surface area contributed by atoms with Gasteiger partial charge in [-0.25, -0.2) is 0 Å². The molecular weight excluding hydrogens is 548 g/mol. The van der Waals surface area contributed by atoms with Crippen molar-refractivity contribution in [1.29, 1.82) is 0 Å². The van der Waals surface area contributed by atoms with Gasteiger partial charge in [-0.3, -0.25) is 29.0 Å². The molecule has 0 aromatic carbocycles. The second-order valence-electron chi connectivity index (χ2n) is 9.07. The minimum Gasteiger partial charge on any atom is -0.480 e. The second-order valence-corrected chi connectivity index (χ2v) is 9.07. The summed E-state index contributed by atoms with van der Waals surface area (Å²) in [6.07, 6.45) is 4.52. The van der Waals surface area contributed by atoms with Crippen molar-refractivity contribution in [2.75, 3.05) is 26.2 Å². The van der Waals surface area contributed by atoms with Crippen LogP contribution in [0.2, 0.25) is 0 Å².